The zero-order valence-electron chi connectivity index (χ0n) is 7.04. The Labute approximate surface area is 67.2 Å². The molecule has 2 unspecified atom stereocenters. The molecule has 1 aliphatic carbocycles. The van der Waals surface area contributed by atoms with E-state index < -0.39 is 0 Å². The summed E-state index contributed by atoms with van der Waals surface area (Å²) in [6.07, 6.45) is 5.04. The molecule has 0 aliphatic heterocycles. The van der Waals surface area contributed by atoms with Gasteiger partial charge in [-0.3, -0.25) is 4.79 Å². The molecule has 1 saturated carbocycles. The maximum atomic E-state index is 11.0. The molecule has 0 aromatic heterocycles. The summed E-state index contributed by atoms with van der Waals surface area (Å²) in [5, 5.41) is 0. The van der Waals surface area contributed by atoms with Gasteiger partial charge in [-0.05, 0) is 26.2 Å². The minimum absolute atomic E-state index is 0.0319. The van der Waals surface area contributed by atoms with Crippen LogP contribution in [-0.4, -0.2) is 12.6 Å². The van der Waals surface area contributed by atoms with E-state index in [4.69, 9.17) is 4.74 Å². The third kappa shape index (κ3) is 2.07. The highest BCUT2D eigenvalue weighted by molar-refractivity contribution is 5.76. The van der Waals surface area contributed by atoms with E-state index in [0.717, 1.165) is 6.42 Å². The molecule has 62 valence electrons. The number of carbonyl (C=O) groups is 1. The molecule has 1 rings (SSSR count). The van der Waals surface area contributed by atoms with E-state index in [0.29, 0.717) is 12.5 Å². The Kier molecular flexibility index (Phi) is 2.69. The fraction of sp³-hybridized carbons (Fsp3) is 0.667. The van der Waals surface area contributed by atoms with Gasteiger partial charge in [0.1, 0.15) is 0 Å². The highest BCUT2D eigenvalue weighted by atomic mass is 16.5. The lowest BCUT2D eigenvalue weighted by Crippen LogP contribution is -2.06. The first-order valence-electron chi connectivity index (χ1n) is 4.09. The summed E-state index contributed by atoms with van der Waals surface area (Å²) in [6.45, 7) is 4.31. The maximum absolute atomic E-state index is 11.0. The number of allylic oxidation sites excluding steroid dienone is 2. The quantitative estimate of drug-likeness (QED) is 0.457. The summed E-state index contributed by atoms with van der Waals surface area (Å²) in [7, 11) is 0. The highest BCUT2D eigenvalue weighted by Crippen LogP contribution is 2.40. The van der Waals surface area contributed by atoms with Crippen molar-refractivity contribution in [3.05, 3.63) is 12.2 Å². The second-order valence-corrected chi connectivity index (χ2v) is 2.78. The van der Waals surface area contributed by atoms with Crippen molar-refractivity contribution < 1.29 is 9.53 Å². The van der Waals surface area contributed by atoms with Gasteiger partial charge >= 0.3 is 5.97 Å². The summed E-state index contributed by atoms with van der Waals surface area (Å²) < 4.78 is 4.87. The minimum Gasteiger partial charge on any atom is -0.466 e. The largest absolute Gasteiger partial charge is 0.466 e. The van der Waals surface area contributed by atoms with E-state index in [-0.39, 0.29) is 11.9 Å². The Morgan fingerprint density at radius 1 is 1.73 bits per heavy atom. The summed E-state index contributed by atoms with van der Waals surface area (Å²) in [6, 6.07) is 0. The number of ether oxygens (including phenoxy) is 1. The fourth-order valence-electron chi connectivity index (χ4n) is 1.19. The van der Waals surface area contributed by atoms with E-state index >= 15 is 0 Å². The van der Waals surface area contributed by atoms with Crippen LogP contribution in [0.4, 0.5) is 0 Å². The Balaban J connectivity index is 2.26. The van der Waals surface area contributed by atoms with Crippen LogP contribution in [0.3, 0.4) is 0 Å². The molecule has 0 aromatic rings. The Hall–Kier alpha value is -0.790. The van der Waals surface area contributed by atoms with E-state index in [2.05, 4.69) is 6.08 Å². The smallest absolute Gasteiger partial charge is 0.309 e. The molecule has 2 atom stereocenters. The number of carbonyl (C=O) groups excluding carboxylic acids is 1. The van der Waals surface area contributed by atoms with Gasteiger partial charge in [0.05, 0.1) is 12.5 Å². The molecule has 0 bridgehead atoms. The Bertz CT molecular complexity index is 172. The van der Waals surface area contributed by atoms with Crippen LogP contribution in [0.1, 0.15) is 20.3 Å². The summed E-state index contributed by atoms with van der Waals surface area (Å²) >= 11 is 0. The molecular formula is C9H14O2. The van der Waals surface area contributed by atoms with Crippen LogP contribution in [0.25, 0.3) is 0 Å². The predicted molar refractivity (Wildman–Crippen MR) is 43.0 cm³/mol. The van der Waals surface area contributed by atoms with Gasteiger partial charge in [0, 0.05) is 0 Å². The molecule has 2 heteroatoms. The van der Waals surface area contributed by atoms with Gasteiger partial charge < -0.3 is 4.74 Å². The van der Waals surface area contributed by atoms with Crippen LogP contribution in [0.5, 0.6) is 0 Å². The zero-order chi connectivity index (χ0) is 8.27. The van der Waals surface area contributed by atoms with E-state index in [9.17, 15) is 4.79 Å². The molecule has 0 radical (unpaired) electrons. The minimum atomic E-state index is -0.0319. The third-order valence-corrected chi connectivity index (χ3v) is 1.87. The molecule has 0 saturated heterocycles. The molecular weight excluding hydrogens is 140 g/mol. The van der Waals surface area contributed by atoms with Gasteiger partial charge in [-0.15, -0.1) is 0 Å². The van der Waals surface area contributed by atoms with Gasteiger partial charge in [0.2, 0.25) is 0 Å². The fourth-order valence-corrected chi connectivity index (χ4v) is 1.19. The second kappa shape index (κ2) is 3.56. The van der Waals surface area contributed by atoms with Crippen LogP contribution in [0.15, 0.2) is 12.2 Å². The average molecular weight is 154 g/mol. The van der Waals surface area contributed by atoms with Gasteiger partial charge in [-0.2, -0.15) is 0 Å². The van der Waals surface area contributed by atoms with Gasteiger partial charge in [-0.25, -0.2) is 0 Å². The standard InChI is InChI=1S/C9H14O2/c1-3-5-7-6-8(7)9(10)11-4-2/h3,5,7-8H,4,6H2,1-2H3. The molecule has 0 spiro atoms. The number of hydrogen-bond donors (Lipinski definition) is 0. The molecule has 2 nitrogen and oxygen atoms in total. The van der Waals surface area contributed by atoms with E-state index in [1.165, 1.54) is 0 Å². The van der Waals surface area contributed by atoms with Crippen molar-refractivity contribution in [3.8, 4) is 0 Å². The first kappa shape index (κ1) is 8.31. The molecule has 0 N–H and O–H groups in total. The van der Waals surface area contributed by atoms with Crippen LogP contribution >= 0.6 is 0 Å². The lowest BCUT2D eigenvalue weighted by Gasteiger charge is -1.97. The lowest BCUT2D eigenvalue weighted by molar-refractivity contribution is -0.144. The van der Waals surface area contributed by atoms with E-state index in [1.54, 1.807) is 0 Å². The zero-order valence-corrected chi connectivity index (χ0v) is 7.04. The molecule has 0 aromatic carbocycles. The monoisotopic (exact) mass is 154 g/mol. The predicted octanol–water partition coefficient (Wildman–Crippen LogP) is 1.76. The lowest BCUT2D eigenvalue weighted by atomic mass is 10.3. The van der Waals surface area contributed by atoms with Crippen molar-refractivity contribution in [2.75, 3.05) is 6.61 Å². The summed E-state index contributed by atoms with van der Waals surface area (Å²) in [5.74, 6) is 0.584. The first-order chi connectivity index (χ1) is 5.29. The Morgan fingerprint density at radius 3 is 3.00 bits per heavy atom. The van der Waals surface area contributed by atoms with Crippen molar-refractivity contribution in [1.29, 1.82) is 0 Å². The molecule has 0 heterocycles. The highest BCUT2D eigenvalue weighted by Gasteiger charge is 2.41. The molecule has 0 amide bonds. The van der Waals surface area contributed by atoms with Crippen molar-refractivity contribution in [1.82, 2.24) is 0 Å². The van der Waals surface area contributed by atoms with Crippen molar-refractivity contribution >= 4 is 5.97 Å². The van der Waals surface area contributed by atoms with Crippen molar-refractivity contribution in [3.63, 3.8) is 0 Å². The van der Waals surface area contributed by atoms with Crippen LogP contribution in [0, 0.1) is 11.8 Å². The number of hydrogen-bond acceptors (Lipinski definition) is 2. The SMILES string of the molecule is CC=CC1CC1C(=O)OCC. The van der Waals surface area contributed by atoms with E-state index in [1.807, 2.05) is 19.9 Å². The van der Waals surface area contributed by atoms with Crippen LogP contribution < -0.4 is 0 Å². The van der Waals surface area contributed by atoms with Gasteiger partial charge in [0.25, 0.3) is 0 Å². The molecule has 11 heavy (non-hydrogen) atoms. The van der Waals surface area contributed by atoms with Crippen molar-refractivity contribution in [2.24, 2.45) is 11.8 Å². The van der Waals surface area contributed by atoms with Gasteiger partial charge in [-0.1, -0.05) is 12.2 Å². The second-order valence-electron chi connectivity index (χ2n) is 2.78. The van der Waals surface area contributed by atoms with Crippen LogP contribution in [-0.2, 0) is 9.53 Å². The first-order valence-corrected chi connectivity index (χ1v) is 4.09. The van der Waals surface area contributed by atoms with Gasteiger partial charge in [0.15, 0.2) is 0 Å². The van der Waals surface area contributed by atoms with Crippen LogP contribution in [0.2, 0.25) is 0 Å². The number of rotatable bonds is 3. The summed E-state index contributed by atoms with van der Waals surface area (Å²) in [4.78, 5) is 11.0. The average Bonchev–Trinajstić information content (AvgIpc) is 2.69. The maximum Gasteiger partial charge on any atom is 0.309 e. The molecule has 1 aliphatic rings. The molecule has 1 fully saturated rings. The topological polar surface area (TPSA) is 26.3 Å². The normalized spacial score (nSPS) is 28.9. The third-order valence-electron chi connectivity index (χ3n) is 1.87. The Morgan fingerprint density at radius 2 is 2.45 bits per heavy atom. The van der Waals surface area contributed by atoms with Crippen molar-refractivity contribution in [2.45, 2.75) is 20.3 Å². The number of esters is 1. The summed E-state index contributed by atoms with van der Waals surface area (Å²) in [5.41, 5.74) is 0.